The van der Waals surface area contributed by atoms with Crippen LogP contribution in [0.15, 0.2) is 5.51 Å². The molecule has 0 aliphatic rings. The molecule has 1 unspecified atom stereocenters. The van der Waals surface area contributed by atoms with E-state index in [4.69, 9.17) is 0 Å². The monoisotopic (exact) mass is 255 g/mol. The van der Waals surface area contributed by atoms with Gasteiger partial charge in [-0.3, -0.25) is 9.59 Å². The second kappa shape index (κ2) is 6.34. The molecule has 0 aliphatic carbocycles. The van der Waals surface area contributed by atoms with E-state index in [0.717, 1.165) is 5.69 Å². The number of rotatable bonds is 6. The summed E-state index contributed by atoms with van der Waals surface area (Å²) < 4.78 is 0. The number of aryl methyl sites for hydroxylation is 1. The number of nitrogens with zero attached hydrogens (tertiary/aromatic N) is 2. The fraction of sp³-hybridized carbons (Fsp3) is 0.545. The number of aromatic nitrogens is 1. The SMILES string of the molecule is Cc1scnc1CC(C)NC(=O)CN(C)C=O. The Hall–Kier alpha value is -1.43. The van der Waals surface area contributed by atoms with Crippen molar-refractivity contribution in [3.8, 4) is 0 Å². The molecule has 5 nitrogen and oxygen atoms in total. The Morgan fingerprint density at radius 2 is 2.41 bits per heavy atom. The molecule has 1 heterocycles. The van der Waals surface area contributed by atoms with E-state index < -0.39 is 0 Å². The van der Waals surface area contributed by atoms with E-state index in [-0.39, 0.29) is 18.5 Å². The molecule has 0 fully saturated rings. The van der Waals surface area contributed by atoms with Crippen molar-refractivity contribution in [1.29, 1.82) is 0 Å². The second-order valence-electron chi connectivity index (χ2n) is 4.05. The summed E-state index contributed by atoms with van der Waals surface area (Å²) in [6.07, 6.45) is 1.35. The lowest BCUT2D eigenvalue weighted by atomic mass is 10.1. The molecule has 0 aliphatic heterocycles. The molecule has 1 aromatic heterocycles. The zero-order valence-corrected chi connectivity index (χ0v) is 11.1. The van der Waals surface area contributed by atoms with Gasteiger partial charge in [0.25, 0.3) is 0 Å². The van der Waals surface area contributed by atoms with Crippen LogP contribution >= 0.6 is 11.3 Å². The Kier molecular flexibility index (Phi) is 5.09. The summed E-state index contributed by atoms with van der Waals surface area (Å²) in [4.78, 5) is 28.6. The summed E-state index contributed by atoms with van der Waals surface area (Å²) in [7, 11) is 1.57. The number of hydrogen-bond acceptors (Lipinski definition) is 4. The van der Waals surface area contributed by atoms with Gasteiger partial charge in [0.15, 0.2) is 0 Å². The van der Waals surface area contributed by atoms with Gasteiger partial charge in [-0.25, -0.2) is 4.98 Å². The first-order valence-electron chi connectivity index (χ1n) is 5.36. The minimum Gasteiger partial charge on any atom is -0.352 e. The summed E-state index contributed by atoms with van der Waals surface area (Å²) in [5.74, 6) is -0.153. The van der Waals surface area contributed by atoms with Crippen molar-refractivity contribution >= 4 is 23.7 Å². The number of hydrogen-bond donors (Lipinski definition) is 1. The molecule has 0 saturated heterocycles. The summed E-state index contributed by atoms with van der Waals surface area (Å²) in [6, 6.07) is 0.0170. The molecule has 1 aromatic rings. The summed E-state index contributed by atoms with van der Waals surface area (Å²) >= 11 is 1.60. The van der Waals surface area contributed by atoms with E-state index in [1.165, 1.54) is 9.78 Å². The second-order valence-corrected chi connectivity index (χ2v) is 5.11. The Labute approximate surface area is 105 Å². The van der Waals surface area contributed by atoms with E-state index in [9.17, 15) is 9.59 Å². The maximum absolute atomic E-state index is 11.5. The molecule has 94 valence electrons. The molecule has 0 bridgehead atoms. The third kappa shape index (κ3) is 4.52. The van der Waals surface area contributed by atoms with Crippen LogP contribution in [0.4, 0.5) is 0 Å². The van der Waals surface area contributed by atoms with E-state index in [1.807, 2.05) is 13.8 Å². The van der Waals surface area contributed by atoms with Gasteiger partial charge in [-0.1, -0.05) is 0 Å². The quantitative estimate of drug-likeness (QED) is 0.757. The van der Waals surface area contributed by atoms with Crippen LogP contribution in [-0.4, -0.2) is 41.8 Å². The number of carbonyl (C=O) groups excluding carboxylic acids is 2. The highest BCUT2D eigenvalue weighted by atomic mass is 32.1. The van der Waals surface area contributed by atoms with Gasteiger partial charge in [0.2, 0.25) is 12.3 Å². The first-order valence-corrected chi connectivity index (χ1v) is 6.24. The van der Waals surface area contributed by atoms with Gasteiger partial charge in [-0.15, -0.1) is 11.3 Å². The normalized spacial score (nSPS) is 11.9. The third-order valence-electron chi connectivity index (χ3n) is 2.32. The highest BCUT2D eigenvalue weighted by molar-refractivity contribution is 7.09. The zero-order valence-electron chi connectivity index (χ0n) is 10.3. The van der Waals surface area contributed by atoms with E-state index >= 15 is 0 Å². The van der Waals surface area contributed by atoms with Crippen molar-refractivity contribution in [2.45, 2.75) is 26.3 Å². The van der Waals surface area contributed by atoms with Crippen molar-refractivity contribution in [3.05, 3.63) is 16.1 Å². The molecule has 6 heteroatoms. The predicted molar refractivity (Wildman–Crippen MR) is 66.9 cm³/mol. The minimum atomic E-state index is -0.153. The third-order valence-corrected chi connectivity index (χ3v) is 3.12. The molecule has 1 rings (SSSR count). The molecule has 1 N–H and O–H groups in total. The highest BCUT2D eigenvalue weighted by Gasteiger charge is 2.11. The lowest BCUT2D eigenvalue weighted by Crippen LogP contribution is -2.40. The predicted octanol–water partition coefficient (Wildman–Crippen LogP) is 0.587. The van der Waals surface area contributed by atoms with Gasteiger partial charge in [-0.05, 0) is 13.8 Å². The smallest absolute Gasteiger partial charge is 0.239 e. The molecule has 0 radical (unpaired) electrons. The van der Waals surface area contributed by atoms with Gasteiger partial charge < -0.3 is 10.2 Å². The van der Waals surface area contributed by atoms with Crippen molar-refractivity contribution in [2.24, 2.45) is 0 Å². The largest absolute Gasteiger partial charge is 0.352 e. The lowest BCUT2D eigenvalue weighted by molar-refractivity contribution is -0.127. The first kappa shape index (κ1) is 13.6. The number of thiazole rings is 1. The molecular weight excluding hydrogens is 238 g/mol. The Bertz CT molecular complexity index is 392. The molecule has 1 atom stereocenters. The van der Waals surface area contributed by atoms with Crippen molar-refractivity contribution in [1.82, 2.24) is 15.2 Å². The van der Waals surface area contributed by atoms with Gasteiger partial charge in [0.1, 0.15) is 0 Å². The van der Waals surface area contributed by atoms with Crippen LogP contribution in [0, 0.1) is 6.92 Å². The fourth-order valence-electron chi connectivity index (χ4n) is 1.45. The number of nitrogens with one attached hydrogen (secondary N) is 1. The van der Waals surface area contributed by atoms with Gasteiger partial charge in [0, 0.05) is 24.4 Å². The van der Waals surface area contributed by atoms with Gasteiger partial charge >= 0.3 is 0 Å². The maximum Gasteiger partial charge on any atom is 0.239 e. The first-order chi connectivity index (χ1) is 8.02. The van der Waals surface area contributed by atoms with Crippen LogP contribution in [0.2, 0.25) is 0 Å². The van der Waals surface area contributed by atoms with Crippen molar-refractivity contribution < 1.29 is 9.59 Å². The van der Waals surface area contributed by atoms with Crippen molar-refractivity contribution in [2.75, 3.05) is 13.6 Å². The standard InChI is InChI=1S/C11H17N3O2S/c1-8(4-10-9(2)17-6-12-10)13-11(16)5-14(3)7-15/h6-8H,4-5H2,1-3H3,(H,13,16). The summed E-state index contributed by atoms with van der Waals surface area (Å²) in [6.45, 7) is 4.03. The molecular formula is C11H17N3O2S. The Balaban J connectivity index is 2.39. The minimum absolute atomic E-state index is 0.0170. The van der Waals surface area contributed by atoms with Crippen LogP contribution in [0.3, 0.4) is 0 Å². The summed E-state index contributed by atoms with van der Waals surface area (Å²) in [5, 5.41) is 2.84. The molecule has 0 aromatic carbocycles. The lowest BCUT2D eigenvalue weighted by Gasteiger charge is -2.15. The molecule has 0 saturated carbocycles. The Morgan fingerprint density at radius 3 is 2.94 bits per heavy atom. The zero-order chi connectivity index (χ0) is 12.8. The van der Waals surface area contributed by atoms with Crippen LogP contribution in [0.25, 0.3) is 0 Å². The van der Waals surface area contributed by atoms with Crippen LogP contribution in [0.5, 0.6) is 0 Å². The maximum atomic E-state index is 11.5. The average molecular weight is 255 g/mol. The van der Waals surface area contributed by atoms with Crippen LogP contribution < -0.4 is 5.32 Å². The van der Waals surface area contributed by atoms with Gasteiger partial charge in [0.05, 0.1) is 17.7 Å². The van der Waals surface area contributed by atoms with Crippen molar-refractivity contribution in [3.63, 3.8) is 0 Å². The van der Waals surface area contributed by atoms with E-state index in [2.05, 4.69) is 10.3 Å². The Morgan fingerprint density at radius 1 is 1.71 bits per heavy atom. The number of carbonyl (C=O) groups is 2. The van der Waals surface area contributed by atoms with Gasteiger partial charge in [-0.2, -0.15) is 0 Å². The average Bonchev–Trinajstić information content (AvgIpc) is 2.63. The molecule has 17 heavy (non-hydrogen) atoms. The number of amides is 2. The highest BCUT2D eigenvalue weighted by Crippen LogP contribution is 2.12. The topological polar surface area (TPSA) is 62.3 Å². The molecule has 2 amide bonds. The van der Waals surface area contributed by atoms with Crippen LogP contribution in [-0.2, 0) is 16.0 Å². The number of likely N-dealkylation sites (N-methyl/N-ethyl adjacent to an activating group) is 1. The van der Waals surface area contributed by atoms with E-state index in [0.29, 0.717) is 12.8 Å². The molecule has 0 spiro atoms. The van der Waals surface area contributed by atoms with Crippen LogP contribution in [0.1, 0.15) is 17.5 Å². The fourth-order valence-corrected chi connectivity index (χ4v) is 2.06. The summed E-state index contributed by atoms with van der Waals surface area (Å²) in [5.41, 5.74) is 2.82. The van der Waals surface area contributed by atoms with E-state index in [1.54, 1.807) is 23.9 Å².